The molecule has 150 valence electrons. The molecule has 1 aromatic rings. The Morgan fingerprint density at radius 1 is 1.26 bits per heavy atom. The molecular weight excluding hydrogens is 388 g/mol. The quantitative estimate of drug-likeness (QED) is 0.247. The van der Waals surface area contributed by atoms with E-state index in [1.165, 1.54) is 6.92 Å². The molecule has 0 spiro atoms. The first-order valence-electron chi connectivity index (χ1n) is 7.04. The van der Waals surface area contributed by atoms with Gasteiger partial charge in [0.05, 0.1) is 12.0 Å². The fraction of sp³-hybridized carbons (Fsp3) is 0.429. The second kappa shape index (κ2) is 8.14. The van der Waals surface area contributed by atoms with Gasteiger partial charge in [0.15, 0.2) is 12.4 Å². The molecule has 1 aromatic carbocycles. The van der Waals surface area contributed by atoms with E-state index in [1.54, 1.807) is 0 Å². The van der Waals surface area contributed by atoms with Crippen molar-refractivity contribution in [2.45, 2.75) is 25.1 Å². The zero-order chi connectivity index (χ0) is 21.0. The number of halogens is 5. The number of nitro benzene ring substituents is 1. The van der Waals surface area contributed by atoms with Crippen molar-refractivity contribution in [1.82, 2.24) is 5.32 Å². The summed E-state index contributed by atoms with van der Waals surface area (Å²) in [4.78, 5) is 33.1. The maximum atomic E-state index is 13.0. The summed E-state index contributed by atoms with van der Waals surface area (Å²) >= 11 is 0. The van der Waals surface area contributed by atoms with Gasteiger partial charge in [-0.15, -0.1) is 0 Å². The fourth-order valence-electron chi connectivity index (χ4n) is 1.69. The summed E-state index contributed by atoms with van der Waals surface area (Å²) < 4.78 is 71.1. The van der Waals surface area contributed by atoms with Gasteiger partial charge in [-0.2, -0.15) is 22.0 Å². The first kappa shape index (κ1) is 22.1. The number of carbonyl (C=O) groups excluding carboxylic acids is 2. The molecule has 0 aliphatic heterocycles. The van der Waals surface area contributed by atoms with Crippen molar-refractivity contribution in [2.24, 2.45) is 0 Å². The molecule has 0 saturated heterocycles. The van der Waals surface area contributed by atoms with Crippen molar-refractivity contribution in [1.29, 1.82) is 0 Å². The first-order valence-corrected chi connectivity index (χ1v) is 7.04. The van der Waals surface area contributed by atoms with E-state index in [2.05, 4.69) is 14.8 Å². The van der Waals surface area contributed by atoms with Crippen molar-refractivity contribution in [3.63, 3.8) is 0 Å². The number of nitrogens with zero attached hydrogens (tertiary/aromatic N) is 1. The van der Waals surface area contributed by atoms with Gasteiger partial charge in [-0.25, -0.2) is 4.79 Å². The largest absolute Gasteiger partial charge is 0.480 e. The molecule has 0 saturated carbocycles. The molecule has 0 aliphatic carbocycles. The van der Waals surface area contributed by atoms with Crippen molar-refractivity contribution < 1.29 is 45.9 Å². The third-order valence-corrected chi connectivity index (χ3v) is 3.14. The Bertz CT molecular complexity index is 737. The van der Waals surface area contributed by atoms with E-state index in [4.69, 9.17) is 0 Å². The molecule has 0 aromatic heterocycles. The van der Waals surface area contributed by atoms with Crippen LogP contribution in [0.1, 0.15) is 17.3 Å². The molecule has 0 aliphatic rings. The lowest BCUT2D eigenvalue weighted by molar-refractivity contribution is -0.386. The number of hydrogen-bond acceptors (Lipinski definition) is 6. The molecule has 0 fully saturated rings. The maximum Gasteiger partial charge on any atom is 0.456 e. The summed E-state index contributed by atoms with van der Waals surface area (Å²) in [6.07, 6.45) is -5.92. The smallest absolute Gasteiger partial charge is 0.456 e. The van der Waals surface area contributed by atoms with Gasteiger partial charge in [0, 0.05) is 17.7 Å². The molecule has 1 amide bonds. The lowest BCUT2D eigenvalue weighted by atomic mass is 10.1. The van der Waals surface area contributed by atoms with Crippen LogP contribution < -0.4 is 10.1 Å². The molecule has 0 heterocycles. The zero-order valence-corrected chi connectivity index (χ0v) is 13.8. The molecule has 0 radical (unpaired) electrons. The van der Waals surface area contributed by atoms with Crippen LogP contribution in [0.25, 0.3) is 0 Å². The van der Waals surface area contributed by atoms with Crippen molar-refractivity contribution in [3.05, 3.63) is 33.9 Å². The Kier molecular flexibility index (Phi) is 6.65. The standard InChI is InChI=1S/C14H13F5N2O6/c1-7(12(23)26-2)20-11(22)8-3-4-9(21(24)25)10(5-8)27-6-13(15,16)14(17,18)19/h3-5,7H,6H2,1-2H3,(H,20,22)/t7-/m0/s1/i7+1. The number of esters is 1. The van der Waals surface area contributed by atoms with E-state index in [0.717, 1.165) is 13.2 Å². The highest BCUT2D eigenvalue weighted by Crippen LogP contribution is 2.37. The fourth-order valence-corrected chi connectivity index (χ4v) is 1.69. The molecule has 1 N–H and O–H groups in total. The molecule has 1 atom stereocenters. The summed E-state index contributed by atoms with van der Waals surface area (Å²) in [5, 5.41) is 13.0. The van der Waals surface area contributed by atoms with E-state index in [1.807, 2.05) is 0 Å². The van der Waals surface area contributed by atoms with E-state index in [0.29, 0.717) is 12.1 Å². The normalized spacial score (nSPS) is 12.9. The van der Waals surface area contributed by atoms with E-state index < -0.39 is 53.0 Å². The first-order chi connectivity index (χ1) is 12.3. The number of methoxy groups -OCH3 is 1. The van der Waals surface area contributed by atoms with E-state index >= 15 is 0 Å². The molecule has 1 rings (SSSR count). The monoisotopic (exact) mass is 401 g/mol. The van der Waals surface area contributed by atoms with Gasteiger partial charge in [0.1, 0.15) is 6.04 Å². The molecule has 13 heteroatoms. The predicted molar refractivity (Wildman–Crippen MR) is 78.5 cm³/mol. The number of carbonyl (C=O) groups is 2. The Morgan fingerprint density at radius 2 is 1.85 bits per heavy atom. The third-order valence-electron chi connectivity index (χ3n) is 3.14. The topological polar surface area (TPSA) is 108 Å². The summed E-state index contributed by atoms with van der Waals surface area (Å²) in [6.45, 7) is -0.961. The number of amides is 1. The van der Waals surface area contributed by atoms with Gasteiger partial charge in [-0.3, -0.25) is 14.9 Å². The molecule has 8 nitrogen and oxygen atoms in total. The number of rotatable bonds is 7. The SMILES string of the molecule is COC(=O)[13C@H](C)NC(=O)c1ccc([N+](=O)[O-])c(OCC(F)(F)C(F)(F)F)c1. The number of nitro groups is 1. The molecule has 27 heavy (non-hydrogen) atoms. The predicted octanol–water partition coefficient (Wildman–Crippen LogP) is 2.46. The van der Waals surface area contributed by atoms with Crippen molar-refractivity contribution in [3.8, 4) is 5.75 Å². The van der Waals surface area contributed by atoms with Crippen LogP contribution in [0.3, 0.4) is 0 Å². The Balaban J connectivity index is 3.09. The van der Waals surface area contributed by atoms with Gasteiger partial charge >= 0.3 is 23.8 Å². The Hall–Kier alpha value is -2.99. The molecule has 0 bridgehead atoms. The number of benzene rings is 1. The minimum atomic E-state index is -5.92. The van der Waals surface area contributed by atoms with E-state index in [9.17, 15) is 41.7 Å². The Morgan fingerprint density at radius 3 is 2.33 bits per heavy atom. The van der Waals surface area contributed by atoms with Crippen LogP contribution >= 0.6 is 0 Å². The van der Waals surface area contributed by atoms with Gasteiger partial charge < -0.3 is 14.8 Å². The van der Waals surface area contributed by atoms with Crippen LogP contribution in [0, 0.1) is 10.1 Å². The molecule has 0 unspecified atom stereocenters. The number of hydrogen-bond donors (Lipinski definition) is 1. The summed E-state index contributed by atoms with van der Waals surface area (Å²) in [6, 6.07) is 1.10. The second-order valence-electron chi connectivity index (χ2n) is 5.15. The van der Waals surface area contributed by atoms with E-state index in [-0.39, 0.29) is 5.56 Å². The van der Waals surface area contributed by atoms with Gasteiger partial charge in [-0.1, -0.05) is 0 Å². The molecular formula is C14H13F5N2O6. The number of nitrogens with one attached hydrogen (secondary N) is 1. The average Bonchev–Trinajstić information content (AvgIpc) is 2.57. The highest BCUT2D eigenvalue weighted by atomic mass is 19.4. The van der Waals surface area contributed by atoms with Crippen LogP contribution in [0.5, 0.6) is 5.75 Å². The second-order valence-corrected chi connectivity index (χ2v) is 5.15. The van der Waals surface area contributed by atoms with Crippen LogP contribution in [0.4, 0.5) is 27.6 Å². The third kappa shape index (κ3) is 5.49. The number of alkyl halides is 5. The van der Waals surface area contributed by atoms with Crippen molar-refractivity contribution >= 4 is 17.6 Å². The highest BCUT2D eigenvalue weighted by Gasteiger charge is 2.58. The minimum absolute atomic E-state index is 0.373. The van der Waals surface area contributed by atoms with Crippen LogP contribution in [0.2, 0.25) is 0 Å². The van der Waals surface area contributed by atoms with Crippen molar-refractivity contribution in [2.75, 3.05) is 13.7 Å². The lowest BCUT2D eigenvalue weighted by Crippen LogP contribution is -2.42. The van der Waals surface area contributed by atoms with Crippen LogP contribution in [-0.2, 0) is 9.53 Å². The van der Waals surface area contributed by atoms with Gasteiger partial charge in [0.25, 0.3) is 5.91 Å². The number of ether oxygens (including phenoxy) is 2. The van der Waals surface area contributed by atoms with Gasteiger partial charge in [0.2, 0.25) is 0 Å². The maximum absolute atomic E-state index is 13.0. The highest BCUT2D eigenvalue weighted by molar-refractivity contribution is 5.97. The average molecular weight is 401 g/mol. The van der Waals surface area contributed by atoms with Crippen LogP contribution in [-0.4, -0.2) is 48.7 Å². The lowest BCUT2D eigenvalue weighted by Gasteiger charge is -2.20. The van der Waals surface area contributed by atoms with Gasteiger partial charge in [-0.05, 0) is 13.0 Å². The summed E-state index contributed by atoms with van der Waals surface area (Å²) in [5.74, 6) is -8.01. The zero-order valence-electron chi connectivity index (χ0n) is 13.8. The minimum Gasteiger partial charge on any atom is -0.480 e. The summed E-state index contributed by atoms with van der Waals surface area (Å²) in [7, 11) is 1.06. The van der Waals surface area contributed by atoms with Crippen LogP contribution in [0.15, 0.2) is 18.2 Å². The summed E-state index contributed by atoms with van der Waals surface area (Å²) in [5.41, 5.74) is -1.30. The Labute approximate surface area is 148 Å².